The summed E-state index contributed by atoms with van der Waals surface area (Å²) in [6.07, 6.45) is 0. The molecule has 6 nitrogen and oxygen atoms in total. The molecule has 1 atom stereocenters. The van der Waals surface area contributed by atoms with Crippen molar-refractivity contribution in [2.75, 3.05) is 13.6 Å². The minimum Gasteiger partial charge on any atom is -0.338 e. The molecule has 0 aliphatic heterocycles. The fourth-order valence-corrected chi connectivity index (χ4v) is 2.69. The van der Waals surface area contributed by atoms with E-state index in [1.807, 2.05) is 6.92 Å². The second kappa shape index (κ2) is 5.90. The molecule has 1 aromatic rings. The van der Waals surface area contributed by atoms with Crippen LogP contribution >= 0.6 is 0 Å². The second-order valence-corrected chi connectivity index (χ2v) is 6.49. The van der Waals surface area contributed by atoms with E-state index < -0.39 is 10.0 Å². The monoisotopic (exact) mass is 299 g/mol. The number of nitrogens with two attached hydrogens (primary N) is 2. The highest BCUT2D eigenvalue weighted by Crippen LogP contribution is 2.21. The molecule has 0 aromatic heterocycles. The van der Waals surface area contributed by atoms with E-state index in [0.717, 1.165) is 0 Å². The zero-order chi connectivity index (χ0) is 15.7. The molecular formula is C13H21N3O3S. The van der Waals surface area contributed by atoms with Gasteiger partial charge in [-0.15, -0.1) is 0 Å². The van der Waals surface area contributed by atoms with Crippen LogP contribution in [0.25, 0.3) is 0 Å². The number of rotatable bonds is 4. The molecule has 0 radical (unpaired) electrons. The van der Waals surface area contributed by atoms with Crippen molar-refractivity contribution in [1.29, 1.82) is 0 Å². The first kappa shape index (κ1) is 16.6. The van der Waals surface area contributed by atoms with Gasteiger partial charge in [0.25, 0.3) is 5.91 Å². The Morgan fingerprint density at radius 1 is 1.35 bits per heavy atom. The molecule has 0 bridgehead atoms. The van der Waals surface area contributed by atoms with Gasteiger partial charge in [0, 0.05) is 25.2 Å². The lowest BCUT2D eigenvalue weighted by molar-refractivity contribution is 0.0748. The van der Waals surface area contributed by atoms with E-state index in [-0.39, 0.29) is 16.8 Å². The van der Waals surface area contributed by atoms with Crippen LogP contribution in [-0.4, -0.2) is 38.9 Å². The van der Waals surface area contributed by atoms with Crippen LogP contribution in [0.3, 0.4) is 0 Å². The van der Waals surface area contributed by atoms with Crippen molar-refractivity contribution in [3.05, 3.63) is 28.8 Å². The third kappa shape index (κ3) is 3.36. The first-order valence-electron chi connectivity index (χ1n) is 6.20. The maximum absolute atomic E-state index is 12.3. The Kier molecular flexibility index (Phi) is 4.90. The number of benzene rings is 1. The summed E-state index contributed by atoms with van der Waals surface area (Å²) in [6, 6.07) is 2.84. The smallest absolute Gasteiger partial charge is 0.253 e. The van der Waals surface area contributed by atoms with Crippen molar-refractivity contribution in [3.8, 4) is 0 Å². The highest BCUT2D eigenvalue weighted by atomic mass is 32.2. The summed E-state index contributed by atoms with van der Waals surface area (Å²) in [6.45, 7) is 5.55. The van der Waals surface area contributed by atoms with Crippen molar-refractivity contribution in [1.82, 2.24) is 4.90 Å². The summed E-state index contributed by atoms with van der Waals surface area (Å²) in [5, 5.41) is 5.18. The predicted octanol–water partition coefficient (Wildman–Crippen LogP) is 0.370. The second-order valence-electron chi connectivity index (χ2n) is 4.96. The average molecular weight is 299 g/mol. The van der Waals surface area contributed by atoms with Crippen molar-refractivity contribution >= 4 is 15.9 Å². The van der Waals surface area contributed by atoms with E-state index in [9.17, 15) is 13.2 Å². The number of nitrogens with zero attached hydrogens (tertiary/aromatic N) is 1. The average Bonchev–Trinajstić information content (AvgIpc) is 2.37. The number of hydrogen-bond donors (Lipinski definition) is 2. The predicted molar refractivity (Wildman–Crippen MR) is 77.9 cm³/mol. The van der Waals surface area contributed by atoms with Gasteiger partial charge in [0.1, 0.15) is 0 Å². The first-order valence-corrected chi connectivity index (χ1v) is 7.75. The van der Waals surface area contributed by atoms with E-state index in [0.29, 0.717) is 23.2 Å². The van der Waals surface area contributed by atoms with Crippen LogP contribution in [0.15, 0.2) is 17.0 Å². The Hall–Kier alpha value is -1.44. The molecule has 1 unspecified atom stereocenters. The number of carbonyl (C=O) groups is 1. The van der Waals surface area contributed by atoms with Crippen LogP contribution in [0.1, 0.15) is 28.4 Å². The molecule has 0 saturated heterocycles. The Balaban J connectivity index is 3.35. The maximum atomic E-state index is 12.3. The fourth-order valence-electron chi connectivity index (χ4n) is 1.81. The van der Waals surface area contributed by atoms with Gasteiger partial charge in [-0.25, -0.2) is 13.6 Å². The van der Waals surface area contributed by atoms with E-state index in [4.69, 9.17) is 10.9 Å². The molecule has 0 saturated carbocycles. The first-order chi connectivity index (χ1) is 9.09. The largest absolute Gasteiger partial charge is 0.338 e. The molecule has 112 valence electrons. The maximum Gasteiger partial charge on any atom is 0.253 e. The van der Waals surface area contributed by atoms with Crippen LogP contribution in [0, 0.1) is 13.8 Å². The van der Waals surface area contributed by atoms with Crippen molar-refractivity contribution in [2.45, 2.75) is 31.7 Å². The van der Waals surface area contributed by atoms with Crippen LogP contribution < -0.4 is 10.9 Å². The van der Waals surface area contributed by atoms with Crippen molar-refractivity contribution in [3.63, 3.8) is 0 Å². The summed E-state index contributed by atoms with van der Waals surface area (Å²) < 4.78 is 23.1. The van der Waals surface area contributed by atoms with Gasteiger partial charge in [-0.1, -0.05) is 0 Å². The van der Waals surface area contributed by atoms with Crippen LogP contribution in [0.4, 0.5) is 0 Å². The standard InChI is InChI=1S/C13H21N3O3S/c1-8-5-11(13(17)16(4)9(2)7-14)6-12(10(8)3)20(15,18)19/h5-6,9H,7,14H2,1-4H3,(H2,15,18,19). The summed E-state index contributed by atoms with van der Waals surface area (Å²) in [7, 11) is -2.23. The molecule has 20 heavy (non-hydrogen) atoms. The Morgan fingerprint density at radius 2 is 1.90 bits per heavy atom. The zero-order valence-corrected chi connectivity index (χ0v) is 13.0. The topological polar surface area (TPSA) is 106 Å². The van der Waals surface area contributed by atoms with E-state index >= 15 is 0 Å². The third-order valence-electron chi connectivity index (χ3n) is 3.50. The number of carbonyl (C=O) groups excluding carboxylic acids is 1. The Bertz CT molecular complexity index is 626. The molecule has 1 amide bonds. The lowest BCUT2D eigenvalue weighted by Gasteiger charge is -2.24. The van der Waals surface area contributed by atoms with Gasteiger partial charge in [-0.05, 0) is 44.0 Å². The number of amides is 1. The molecule has 7 heteroatoms. The summed E-state index contributed by atoms with van der Waals surface area (Å²) >= 11 is 0. The highest BCUT2D eigenvalue weighted by Gasteiger charge is 2.21. The number of likely N-dealkylation sites (N-methyl/N-ethyl adjacent to an activating group) is 1. The van der Waals surface area contributed by atoms with Crippen LogP contribution in [-0.2, 0) is 10.0 Å². The van der Waals surface area contributed by atoms with Crippen LogP contribution in [0.5, 0.6) is 0 Å². The number of sulfonamides is 1. The Morgan fingerprint density at radius 3 is 2.35 bits per heavy atom. The van der Waals surface area contributed by atoms with E-state index in [1.165, 1.54) is 11.0 Å². The summed E-state index contributed by atoms with van der Waals surface area (Å²) in [4.78, 5) is 13.8. The lowest BCUT2D eigenvalue weighted by Crippen LogP contribution is -2.39. The molecule has 0 fully saturated rings. The Labute approximate surface area is 119 Å². The highest BCUT2D eigenvalue weighted by molar-refractivity contribution is 7.89. The van der Waals surface area contributed by atoms with Gasteiger partial charge in [-0.3, -0.25) is 4.79 Å². The zero-order valence-electron chi connectivity index (χ0n) is 12.2. The fraction of sp³-hybridized carbons (Fsp3) is 0.462. The van der Waals surface area contributed by atoms with Gasteiger partial charge < -0.3 is 10.6 Å². The van der Waals surface area contributed by atoms with E-state index in [1.54, 1.807) is 27.0 Å². The van der Waals surface area contributed by atoms with Gasteiger partial charge in [0.05, 0.1) is 4.90 Å². The number of primary sulfonamides is 1. The van der Waals surface area contributed by atoms with Gasteiger partial charge >= 0.3 is 0 Å². The minimum absolute atomic E-state index is 0.0188. The molecule has 0 aliphatic carbocycles. The van der Waals surface area contributed by atoms with Gasteiger partial charge in [-0.2, -0.15) is 0 Å². The summed E-state index contributed by atoms with van der Waals surface area (Å²) in [5.74, 6) is -0.282. The molecular weight excluding hydrogens is 278 g/mol. The molecule has 1 rings (SSSR count). The number of hydrogen-bond acceptors (Lipinski definition) is 4. The lowest BCUT2D eigenvalue weighted by atomic mass is 10.0. The third-order valence-corrected chi connectivity index (χ3v) is 4.53. The minimum atomic E-state index is -3.86. The molecule has 0 aliphatic rings. The molecule has 1 aromatic carbocycles. The van der Waals surface area contributed by atoms with Crippen LogP contribution in [0.2, 0.25) is 0 Å². The van der Waals surface area contributed by atoms with Gasteiger partial charge in [0.15, 0.2) is 0 Å². The quantitative estimate of drug-likeness (QED) is 0.837. The molecule has 0 heterocycles. The van der Waals surface area contributed by atoms with Crippen molar-refractivity contribution in [2.24, 2.45) is 10.9 Å². The SMILES string of the molecule is Cc1cc(C(=O)N(C)C(C)CN)cc(S(N)(=O)=O)c1C. The normalized spacial score (nSPS) is 13.1. The number of aryl methyl sites for hydroxylation is 1. The van der Waals surface area contributed by atoms with Gasteiger partial charge in [0.2, 0.25) is 10.0 Å². The molecule has 0 spiro atoms. The van der Waals surface area contributed by atoms with Crippen molar-refractivity contribution < 1.29 is 13.2 Å². The van der Waals surface area contributed by atoms with E-state index in [2.05, 4.69) is 0 Å². The molecule has 4 N–H and O–H groups in total. The summed E-state index contributed by atoms with van der Waals surface area (Å²) in [5.41, 5.74) is 7.08.